The van der Waals surface area contributed by atoms with Crippen LogP contribution in [0.4, 0.5) is 11.4 Å². The summed E-state index contributed by atoms with van der Waals surface area (Å²) < 4.78 is 0. The molecule has 0 bridgehead atoms. The van der Waals surface area contributed by atoms with Crippen LogP contribution < -0.4 is 11.1 Å². The maximum atomic E-state index is 7.37. The summed E-state index contributed by atoms with van der Waals surface area (Å²) in [6.07, 6.45) is 2.61. The van der Waals surface area contributed by atoms with Crippen LogP contribution >= 0.6 is 0 Å². The highest BCUT2D eigenvalue weighted by Crippen LogP contribution is 2.35. The molecule has 0 heterocycles. The zero-order valence-electron chi connectivity index (χ0n) is 16.8. The predicted octanol–water partition coefficient (Wildman–Crippen LogP) is 6.32. The minimum atomic E-state index is 0.516. The molecular formula is C23H33N3. The monoisotopic (exact) mass is 351 g/mol. The quantitative estimate of drug-likeness (QED) is 0.446. The Bertz CT molecular complexity index is 726. The van der Waals surface area contributed by atoms with E-state index in [0.717, 1.165) is 22.7 Å². The van der Waals surface area contributed by atoms with E-state index in [1.807, 2.05) is 39.0 Å². The van der Waals surface area contributed by atoms with Crippen molar-refractivity contribution in [2.45, 2.75) is 47.5 Å². The van der Waals surface area contributed by atoms with Crippen molar-refractivity contribution < 1.29 is 0 Å². The maximum Gasteiger partial charge on any atom is 0.0408 e. The molecule has 4 N–H and O–H groups in total. The molecule has 0 spiro atoms. The molecule has 26 heavy (non-hydrogen) atoms. The Morgan fingerprint density at radius 3 is 2.04 bits per heavy atom. The molecule has 0 amide bonds. The first-order chi connectivity index (χ1) is 12.4. The standard InChI is InChI=1S/C12H15N.C9H12N2.C2H6/c1-9-3-7-12(8-4-9)13-10(2)11-5-6-11;1-6-3-4-8(7(2)10)9(11)5-6;1-2/h3-4,7-8,11,13H,2,5-6H2,1H3;3-5,10H,11H2,1-2H3;1-2H3. The van der Waals surface area contributed by atoms with Gasteiger partial charge >= 0.3 is 0 Å². The summed E-state index contributed by atoms with van der Waals surface area (Å²) in [5.41, 5.74) is 12.5. The molecule has 3 rings (SSSR count). The van der Waals surface area contributed by atoms with Gasteiger partial charge in [-0.15, -0.1) is 0 Å². The largest absolute Gasteiger partial charge is 0.398 e. The van der Waals surface area contributed by atoms with E-state index in [0.29, 0.717) is 11.4 Å². The molecule has 140 valence electrons. The second kappa shape index (κ2) is 10.4. The molecule has 0 saturated heterocycles. The third kappa shape index (κ3) is 7.14. The Hall–Kier alpha value is -2.55. The van der Waals surface area contributed by atoms with Crippen LogP contribution in [0.3, 0.4) is 0 Å². The summed E-state index contributed by atoms with van der Waals surface area (Å²) in [5, 5.41) is 10.7. The lowest BCUT2D eigenvalue weighted by Gasteiger charge is -2.08. The number of nitrogens with two attached hydrogens (primary N) is 1. The van der Waals surface area contributed by atoms with Gasteiger partial charge in [0.05, 0.1) is 0 Å². The molecule has 1 saturated carbocycles. The van der Waals surface area contributed by atoms with Gasteiger partial charge in [-0.1, -0.05) is 50.3 Å². The summed E-state index contributed by atoms with van der Waals surface area (Å²) >= 11 is 0. The number of hydrogen-bond donors (Lipinski definition) is 3. The van der Waals surface area contributed by atoms with E-state index < -0.39 is 0 Å². The third-order valence-electron chi connectivity index (χ3n) is 4.04. The van der Waals surface area contributed by atoms with E-state index in [2.05, 4.69) is 43.1 Å². The van der Waals surface area contributed by atoms with Crippen molar-refractivity contribution in [3.63, 3.8) is 0 Å². The number of nitrogen functional groups attached to an aromatic ring is 1. The summed E-state index contributed by atoms with van der Waals surface area (Å²) in [6.45, 7) is 13.8. The van der Waals surface area contributed by atoms with Crippen molar-refractivity contribution in [1.82, 2.24) is 0 Å². The summed E-state index contributed by atoms with van der Waals surface area (Å²) in [4.78, 5) is 0. The fraction of sp³-hybridized carbons (Fsp3) is 0.348. The minimum absolute atomic E-state index is 0.516. The average Bonchev–Trinajstić information content (AvgIpc) is 3.44. The van der Waals surface area contributed by atoms with Gasteiger partial charge in [-0.25, -0.2) is 0 Å². The van der Waals surface area contributed by atoms with Gasteiger partial charge in [-0.3, -0.25) is 0 Å². The first-order valence-electron chi connectivity index (χ1n) is 9.31. The van der Waals surface area contributed by atoms with Gasteiger partial charge in [-0.2, -0.15) is 0 Å². The molecule has 0 aliphatic heterocycles. The molecule has 3 heteroatoms. The molecule has 0 aromatic heterocycles. The summed E-state index contributed by atoms with van der Waals surface area (Å²) in [6, 6.07) is 14.2. The SMILES string of the molecule is C=C(Nc1ccc(C)cc1)C1CC1.CC.CC(=N)c1ccc(C)cc1N. The second-order valence-electron chi connectivity index (χ2n) is 6.51. The molecule has 0 atom stereocenters. The van der Waals surface area contributed by atoms with Gasteiger partial charge in [0, 0.05) is 28.3 Å². The Kier molecular flexibility index (Phi) is 8.63. The van der Waals surface area contributed by atoms with Crippen molar-refractivity contribution in [3.8, 4) is 0 Å². The topological polar surface area (TPSA) is 61.9 Å². The highest BCUT2D eigenvalue weighted by molar-refractivity contribution is 6.00. The number of allylic oxidation sites excluding steroid dienone is 1. The lowest BCUT2D eigenvalue weighted by molar-refractivity contribution is 1.02. The van der Waals surface area contributed by atoms with Crippen molar-refractivity contribution in [1.29, 1.82) is 5.41 Å². The zero-order valence-corrected chi connectivity index (χ0v) is 16.8. The van der Waals surface area contributed by atoms with Gasteiger partial charge in [0.2, 0.25) is 0 Å². The van der Waals surface area contributed by atoms with Crippen molar-refractivity contribution in [3.05, 3.63) is 71.4 Å². The molecule has 1 fully saturated rings. The molecule has 0 radical (unpaired) electrons. The Labute approximate surface area is 158 Å². The van der Waals surface area contributed by atoms with E-state index >= 15 is 0 Å². The van der Waals surface area contributed by atoms with Crippen LogP contribution in [0.25, 0.3) is 0 Å². The lowest BCUT2D eigenvalue weighted by atomic mass is 10.1. The number of hydrogen-bond acceptors (Lipinski definition) is 3. The van der Waals surface area contributed by atoms with E-state index in [-0.39, 0.29) is 0 Å². The smallest absolute Gasteiger partial charge is 0.0408 e. The highest BCUT2D eigenvalue weighted by Gasteiger charge is 2.24. The fourth-order valence-electron chi connectivity index (χ4n) is 2.38. The number of rotatable bonds is 4. The van der Waals surface area contributed by atoms with Gasteiger partial charge in [-0.05, 0) is 63.3 Å². The van der Waals surface area contributed by atoms with Gasteiger partial charge in [0.25, 0.3) is 0 Å². The van der Waals surface area contributed by atoms with Crippen LogP contribution in [0, 0.1) is 25.2 Å². The Morgan fingerprint density at radius 2 is 1.58 bits per heavy atom. The summed E-state index contributed by atoms with van der Waals surface area (Å²) in [5.74, 6) is 0.723. The number of aryl methyl sites for hydroxylation is 2. The predicted molar refractivity (Wildman–Crippen MR) is 116 cm³/mol. The second-order valence-corrected chi connectivity index (χ2v) is 6.51. The minimum Gasteiger partial charge on any atom is -0.398 e. The Balaban J connectivity index is 0.000000241. The number of nitrogens with one attached hydrogen (secondary N) is 2. The average molecular weight is 352 g/mol. The summed E-state index contributed by atoms with van der Waals surface area (Å²) in [7, 11) is 0. The van der Waals surface area contributed by atoms with Gasteiger partial charge < -0.3 is 16.5 Å². The van der Waals surface area contributed by atoms with Gasteiger partial charge in [0.15, 0.2) is 0 Å². The molecule has 3 nitrogen and oxygen atoms in total. The first-order valence-corrected chi connectivity index (χ1v) is 9.31. The van der Waals surface area contributed by atoms with Crippen LogP contribution in [0.2, 0.25) is 0 Å². The van der Waals surface area contributed by atoms with Crippen molar-refractivity contribution in [2.75, 3.05) is 11.1 Å². The van der Waals surface area contributed by atoms with Gasteiger partial charge in [0.1, 0.15) is 0 Å². The first kappa shape index (κ1) is 21.5. The van der Waals surface area contributed by atoms with Crippen LogP contribution in [0.1, 0.15) is 50.3 Å². The number of benzene rings is 2. The van der Waals surface area contributed by atoms with E-state index in [1.165, 1.54) is 24.1 Å². The van der Waals surface area contributed by atoms with Crippen LogP contribution in [0.15, 0.2) is 54.7 Å². The van der Waals surface area contributed by atoms with Crippen LogP contribution in [-0.2, 0) is 0 Å². The van der Waals surface area contributed by atoms with E-state index in [9.17, 15) is 0 Å². The highest BCUT2D eigenvalue weighted by atomic mass is 14.9. The van der Waals surface area contributed by atoms with E-state index in [4.69, 9.17) is 11.1 Å². The maximum absolute atomic E-state index is 7.37. The van der Waals surface area contributed by atoms with Crippen LogP contribution in [0.5, 0.6) is 0 Å². The van der Waals surface area contributed by atoms with Crippen LogP contribution in [-0.4, -0.2) is 5.71 Å². The lowest BCUT2D eigenvalue weighted by Crippen LogP contribution is -1.99. The molecule has 1 aliphatic carbocycles. The van der Waals surface area contributed by atoms with Crippen molar-refractivity contribution in [2.24, 2.45) is 5.92 Å². The Morgan fingerprint density at radius 1 is 1.04 bits per heavy atom. The van der Waals surface area contributed by atoms with Crippen molar-refractivity contribution >= 4 is 17.1 Å². The third-order valence-corrected chi connectivity index (χ3v) is 4.04. The molecule has 1 aliphatic rings. The normalized spacial score (nSPS) is 12.0. The fourth-order valence-corrected chi connectivity index (χ4v) is 2.38. The van der Waals surface area contributed by atoms with E-state index in [1.54, 1.807) is 6.92 Å². The number of anilines is 2. The molecule has 2 aromatic carbocycles. The molecule has 0 unspecified atom stereocenters. The molecular weight excluding hydrogens is 318 g/mol. The zero-order chi connectivity index (χ0) is 19.7. The molecule has 2 aromatic rings.